The van der Waals surface area contributed by atoms with Gasteiger partial charge in [-0.1, -0.05) is 12.1 Å². The Morgan fingerprint density at radius 1 is 1.29 bits per heavy atom. The van der Waals surface area contributed by atoms with Gasteiger partial charge in [0.05, 0.1) is 7.11 Å². The van der Waals surface area contributed by atoms with Gasteiger partial charge in [-0.25, -0.2) is 0 Å². The molecule has 0 amide bonds. The molecular weight excluding hydrogens is 210 g/mol. The van der Waals surface area contributed by atoms with E-state index < -0.39 is 0 Å². The van der Waals surface area contributed by atoms with Gasteiger partial charge in [0.25, 0.3) is 0 Å². The highest BCUT2D eigenvalue weighted by atomic mass is 16.5. The van der Waals surface area contributed by atoms with E-state index in [9.17, 15) is 0 Å². The maximum Gasteiger partial charge on any atom is 0.121 e. The molecular formula is C15H25NO. The zero-order chi connectivity index (χ0) is 13.1. The molecule has 1 rings (SSSR count). The van der Waals surface area contributed by atoms with Crippen LogP contribution in [0, 0.1) is 6.92 Å². The first-order valence-corrected chi connectivity index (χ1v) is 6.23. The van der Waals surface area contributed by atoms with E-state index in [0.717, 1.165) is 12.2 Å². The van der Waals surface area contributed by atoms with Crippen LogP contribution in [0.5, 0.6) is 5.75 Å². The molecule has 0 spiro atoms. The summed E-state index contributed by atoms with van der Waals surface area (Å²) in [5, 5.41) is 3.58. The van der Waals surface area contributed by atoms with Gasteiger partial charge in [0.15, 0.2) is 0 Å². The van der Waals surface area contributed by atoms with Crippen LogP contribution in [0.15, 0.2) is 18.2 Å². The van der Waals surface area contributed by atoms with Crippen LogP contribution in [0.4, 0.5) is 0 Å². The first kappa shape index (κ1) is 14.0. The van der Waals surface area contributed by atoms with E-state index in [2.05, 4.69) is 58.1 Å². The van der Waals surface area contributed by atoms with Gasteiger partial charge in [0.2, 0.25) is 0 Å². The van der Waals surface area contributed by atoms with Crippen molar-refractivity contribution in [2.45, 2.75) is 52.6 Å². The smallest absolute Gasteiger partial charge is 0.121 e. The maximum atomic E-state index is 5.27. The Labute approximate surface area is 105 Å². The Balaban J connectivity index is 2.66. The van der Waals surface area contributed by atoms with Gasteiger partial charge >= 0.3 is 0 Å². The van der Waals surface area contributed by atoms with Gasteiger partial charge in [0, 0.05) is 11.6 Å². The highest BCUT2D eigenvalue weighted by Gasteiger charge is 2.14. The summed E-state index contributed by atoms with van der Waals surface area (Å²) in [5.41, 5.74) is 2.72. The Hall–Kier alpha value is -1.02. The SMILES string of the molecule is COc1ccc(CC(C)NC(C)(C)C)cc1C. The molecule has 0 saturated carbocycles. The van der Waals surface area contributed by atoms with Gasteiger partial charge < -0.3 is 10.1 Å². The summed E-state index contributed by atoms with van der Waals surface area (Å²) in [6.45, 7) is 10.9. The number of methoxy groups -OCH3 is 1. The van der Waals surface area contributed by atoms with Crippen LogP contribution in [0.2, 0.25) is 0 Å². The average Bonchev–Trinajstić information content (AvgIpc) is 2.14. The second-order valence-corrected chi connectivity index (χ2v) is 5.80. The van der Waals surface area contributed by atoms with Gasteiger partial charge in [-0.15, -0.1) is 0 Å². The van der Waals surface area contributed by atoms with Crippen molar-refractivity contribution >= 4 is 0 Å². The minimum absolute atomic E-state index is 0.168. The lowest BCUT2D eigenvalue weighted by atomic mass is 10.0. The molecule has 1 N–H and O–H groups in total. The number of hydrogen-bond donors (Lipinski definition) is 1. The summed E-state index contributed by atoms with van der Waals surface area (Å²) in [5.74, 6) is 0.963. The molecule has 1 atom stereocenters. The van der Waals surface area contributed by atoms with Crippen LogP contribution in [-0.4, -0.2) is 18.7 Å². The standard InChI is InChI=1S/C15H25NO/c1-11-9-13(7-8-14(11)17-6)10-12(2)16-15(3,4)5/h7-9,12,16H,10H2,1-6H3. The summed E-state index contributed by atoms with van der Waals surface area (Å²) in [7, 11) is 1.71. The van der Waals surface area contributed by atoms with Gasteiger partial charge in [-0.3, -0.25) is 0 Å². The van der Waals surface area contributed by atoms with E-state index in [0.29, 0.717) is 6.04 Å². The van der Waals surface area contributed by atoms with Crippen molar-refractivity contribution in [1.29, 1.82) is 0 Å². The lowest BCUT2D eigenvalue weighted by Crippen LogP contribution is -2.43. The second kappa shape index (κ2) is 5.54. The molecule has 0 aliphatic carbocycles. The van der Waals surface area contributed by atoms with Crippen molar-refractivity contribution < 1.29 is 4.74 Å². The second-order valence-electron chi connectivity index (χ2n) is 5.80. The predicted octanol–water partition coefficient (Wildman–Crippen LogP) is 3.32. The molecule has 0 heterocycles. The molecule has 0 bridgehead atoms. The Morgan fingerprint density at radius 2 is 1.94 bits per heavy atom. The number of rotatable bonds is 4. The lowest BCUT2D eigenvalue weighted by Gasteiger charge is -2.26. The molecule has 17 heavy (non-hydrogen) atoms. The molecule has 0 saturated heterocycles. The lowest BCUT2D eigenvalue weighted by molar-refractivity contribution is 0.370. The number of nitrogens with one attached hydrogen (secondary N) is 1. The van der Waals surface area contributed by atoms with Crippen LogP contribution < -0.4 is 10.1 Å². The summed E-state index contributed by atoms with van der Waals surface area (Å²) in [6, 6.07) is 6.88. The number of hydrogen-bond acceptors (Lipinski definition) is 2. The molecule has 2 heteroatoms. The molecule has 0 aliphatic heterocycles. The molecule has 0 radical (unpaired) electrons. The van der Waals surface area contributed by atoms with Crippen LogP contribution in [-0.2, 0) is 6.42 Å². The fourth-order valence-corrected chi connectivity index (χ4v) is 2.21. The average molecular weight is 235 g/mol. The Kier molecular flexibility index (Phi) is 4.58. The third kappa shape index (κ3) is 4.78. The monoisotopic (exact) mass is 235 g/mol. The molecule has 2 nitrogen and oxygen atoms in total. The van der Waals surface area contributed by atoms with Crippen LogP contribution in [0.3, 0.4) is 0 Å². The van der Waals surface area contributed by atoms with E-state index in [1.807, 2.05) is 0 Å². The zero-order valence-electron chi connectivity index (χ0n) is 11.9. The third-order valence-corrected chi connectivity index (χ3v) is 2.68. The summed E-state index contributed by atoms with van der Waals surface area (Å²) < 4.78 is 5.27. The molecule has 0 fully saturated rings. The van der Waals surface area contributed by atoms with Crippen LogP contribution in [0.1, 0.15) is 38.8 Å². The summed E-state index contributed by atoms with van der Waals surface area (Å²) >= 11 is 0. The molecule has 0 aliphatic rings. The number of ether oxygens (including phenoxy) is 1. The molecule has 0 aromatic heterocycles. The van der Waals surface area contributed by atoms with Gasteiger partial charge in [-0.05, 0) is 58.2 Å². The number of aryl methyl sites for hydroxylation is 1. The van der Waals surface area contributed by atoms with Crippen LogP contribution in [0.25, 0.3) is 0 Å². The summed E-state index contributed by atoms with van der Waals surface area (Å²) in [4.78, 5) is 0. The first-order valence-electron chi connectivity index (χ1n) is 6.23. The Bertz CT molecular complexity index is 366. The topological polar surface area (TPSA) is 21.3 Å². The minimum atomic E-state index is 0.168. The predicted molar refractivity (Wildman–Crippen MR) is 73.8 cm³/mol. The van der Waals surface area contributed by atoms with E-state index in [4.69, 9.17) is 4.74 Å². The van der Waals surface area contributed by atoms with Crippen molar-refractivity contribution in [1.82, 2.24) is 5.32 Å². The Morgan fingerprint density at radius 3 is 2.41 bits per heavy atom. The fraction of sp³-hybridized carbons (Fsp3) is 0.600. The van der Waals surface area contributed by atoms with Crippen molar-refractivity contribution in [2.24, 2.45) is 0 Å². The normalized spacial score (nSPS) is 13.5. The third-order valence-electron chi connectivity index (χ3n) is 2.68. The largest absolute Gasteiger partial charge is 0.496 e. The van der Waals surface area contributed by atoms with Gasteiger partial charge in [-0.2, -0.15) is 0 Å². The molecule has 1 unspecified atom stereocenters. The van der Waals surface area contributed by atoms with Gasteiger partial charge in [0.1, 0.15) is 5.75 Å². The van der Waals surface area contributed by atoms with Crippen molar-refractivity contribution in [3.05, 3.63) is 29.3 Å². The maximum absolute atomic E-state index is 5.27. The van der Waals surface area contributed by atoms with Crippen molar-refractivity contribution in [3.63, 3.8) is 0 Å². The molecule has 1 aromatic rings. The highest BCUT2D eigenvalue weighted by molar-refractivity contribution is 5.36. The quantitative estimate of drug-likeness (QED) is 0.864. The zero-order valence-corrected chi connectivity index (χ0v) is 11.9. The molecule has 1 aromatic carbocycles. The summed E-state index contributed by atoms with van der Waals surface area (Å²) in [6.07, 6.45) is 1.04. The van der Waals surface area contributed by atoms with Crippen LogP contribution >= 0.6 is 0 Å². The number of benzene rings is 1. The van der Waals surface area contributed by atoms with E-state index in [-0.39, 0.29) is 5.54 Å². The minimum Gasteiger partial charge on any atom is -0.496 e. The highest BCUT2D eigenvalue weighted by Crippen LogP contribution is 2.19. The fourth-order valence-electron chi connectivity index (χ4n) is 2.21. The van der Waals surface area contributed by atoms with E-state index in [1.54, 1.807) is 7.11 Å². The van der Waals surface area contributed by atoms with E-state index >= 15 is 0 Å². The van der Waals surface area contributed by atoms with Crippen molar-refractivity contribution in [3.8, 4) is 5.75 Å². The molecule has 96 valence electrons. The van der Waals surface area contributed by atoms with E-state index in [1.165, 1.54) is 11.1 Å². The first-order chi connectivity index (χ1) is 7.81. The van der Waals surface area contributed by atoms with Crippen molar-refractivity contribution in [2.75, 3.05) is 7.11 Å².